The molecule has 0 aliphatic heterocycles. The average Bonchev–Trinajstić information content (AvgIpc) is 3.49. The van der Waals surface area contributed by atoms with Crippen molar-refractivity contribution >= 4 is 18.0 Å². The van der Waals surface area contributed by atoms with Crippen molar-refractivity contribution in [3.8, 4) is 5.75 Å². The van der Waals surface area contributed by atoms with Crippen molar-refractivity contribution in [2.45, 2.75) is 25.0 Å². The molecule has 0 aromatic heterocycles. The zero-order valence-corrected chi connectivity index (χ0v) is 14.9. The van der Waals surface area contributed by atoms with Crippen molar-refractivity contribution in [2.75, 3.05) is 7.11 Å². The van der Waals surface area contributed by atoms with Crippen molar-refractivity contribution in [3.05, 3.63) is 71.6 Å². The predicted molar refractivity (Wildman–Crippen MR) is 98.4 cm³/mol. The lowest BCUT2D eigenvalue weighted by atomic mass is 10.1. The maximum absolute atomic E-state index is 13.7. The predicted octanol–water partition coefficient (Wildman–Crippen LogP) is 3.41. The minimum atomic E-state index is -1.03. The molecule has 1 aliphatic rings. The first-order chi connectivity index (χ1) is 13.1. The standard InChI is InChI=1S/C21H20FNO4/c1-26-18-11-7-14(13-17(18)22)8-12-19(24)27-20(15-5-3-2-4-6-15)21(25)23-16-9-10-16/h2-8,11-13,16,20H,9-10H2,1H3,(H,23,25)/b12-8+/t20-/m1/s1. The molecule has 3 rings (SSSR count). The van der Waals surface area contributed by atoms with Gasteiger partial charge in [-0.25, -0.2) is 9.18 Å². The molecule has 5 nitrogen and oxygen atoms in total. The Morgan fingerprint density at radius 3 is 2.56 bits per heavy atom. The van der Waals surface area contributed by atoms with E-state index in [1.54, 1.807) is 30.3 Å². The minimum Gasteiger partial charge on any atom is -0.494 e. The normalized spacial score (nSPS) is 14.6. The van der Waals surface area contributed by atoms with Gasteiger partial charge in [0.15, 0.2) is 11.6 Å². The van der Waals surface area contributed by atoms with E-state index in [4.69, 9.17) is 9.47 Å². The van der Waals surface area contributed by atoms with Gasteiger partial charge in [0.1, 0.15) is 0 Å². The summed E-state index contributed by atoms with van der Waals surface area (Å²) in [7, 11) is 1.38. The van der Waals surface area contributed by atoms with Crippen LogP contribution in [0.5, 0.6) is 5.75 Å². The van der Waals surface area contributed by atoms with E-state index in [1.807, 2.05) is 6.07 Å². The van der Waals surface area contributed by atoms with Crippen molar-refractivity contribution < 1.29 is 23.5 Å². The monoisotopic (exact) mass is 369 g/mol. The van der Waals surface area contributed by atoms with Crippen molar-refractivity contribution in [3.63, 3.8) is 0 Å². The fourth-order valence-electron chi connectivity index (χ4n) is 2.51. The van der Waals surface area contributed by atoms with Crippen LogP contribution in [0, 0.1) is 5.82 Å². The van der Waals surface area contributed by atoms with Crippen molar-refractivity contribution in [1.29, 1.82) is 0 Å². The highest BCUT2D eigenvalue weighted by Crippen LogP contribution is 2.23. The topological polar surface area (TPSA) is 64.6 Å². The molecule has 1 atom stereocenters. The number of nitrogens with one attached hydrogen (secondary N) is 1. The summed E-state index contributed by atoms with van der Waals surface area (Å²) in [6, 6.07) is 13.3. The molecule has 1 amide bonds. The Morgan fingerprint density at radius 1 is 1.19 bits per heavy atom. The summed E-state index contributed by atoms with van der Waals surface area (Å²) in [6.07, 6.45) is 3.43. The van der Waals surface area contributed by atoms with Gasteiger partial charge in [-0.15, -0.1) is 0 Å². The van der Waals surface area contributed by atoms with Crippen LogP contribution in [0.4, 0.5) is 4.39 Å². The quantitative estimate of drug-likeness (QED) is 0.600. The number of esters is 1. The molecule has 1 aliphatic carbocycles. The van der Waals surface area contributed by atoms with Crippen LogP contribution in [-0.4, -0.2) is 25.0 Å². The van der Waals surface area contributed by atoms with Crippen LogP contribution in [0.3, 0.4) is 0 Å². The number of halogens is 1. The van der Waals surface area contributed by atoms with Gasteiger partial charge >= 0.3 is 5.97 Å². The molecule has 1 saturated carbocycles. The van der Waals surface area contributed by atoms with E-state index >= 15 is 0 Å². The SMILES string of the molecule is COc1ccc(/C=C/C(=O)O[C@@H](C(=O)NC2CC2)c2ccccc2)cc1F. The molecule has 0 radical (unpaired) electrons. The Labute approximate surface area is 156 Å². The van der Waals surface area contributed by atoms with Crippen LogP contribution in [0.25, 0.3) is 6.08 Å². The van der Waals surface area contributed by atoms with Crippen LogP contribution in [0.1, 0.15) is 30.1 Å². The lowest BCUT2D eigenvalue weighted by Crippen LogP contribution is -2.33. The number of methoxy groups -OCH3 is 1. The van der Waals surface area contributed by atoms with Crippen LogP contribution in [0.15, 0.2) is 54.6 Å². The van der Waals surface area contributed by atoms with Gasteiger partial charge in [0.2, 0.25) is 6.10 Å². The second-order valence-electron chi connectivity index (χ2n) is 6.24. The zero-order valence-electron chi connectivity index (χ0n) is 14.9. The van der Waals surface area contributed by atoms with Crippen LogP contribution in [0.2, 0.25) is 0 Å². The second-order valence-corrected chi connectivity index (χ2v) is 6.24. The molecule has 2 aromatic carbocycles. The Balaban J connectivity index is 1.70. The smallest absolute Gasteiger partial charge is 0.331 e. The van der Waals surface area contributed by atoms with Crippen LogP contribution >= 0.6 is 0 Å². The number of amides is 1. The van der Waals surface area contributed by atoms with Gasteiger partial charge < -0.3 is 14.8 Å². The summed E-state index contributed by atoms with van der Waals surface area (Å²) in [5.41, 5.74) is 1.07. The van der Waals surface area contributed by atoms with Crippen molar-refractivity contribution in [1.82, 2.24) is 5.32 Å². The molecule has 6 heteroatoms. The number of rotatable bonds is 7. The Morgan fingerprint density at radius 2 is 1.93 bits per heavy atom. The maximum Gasteiger partial charge on any atom is 0.331 e. The summed E-state index contributed by atoms with van der Waals surface area (Å²) in [6.45, 7) is 0. The molecule has 0 spiro atoms. The van der Waals surface area contributed by atoms with Gasteiger partial charge in [-0.1, -0.05) is 36.4 Å². The van der Waals surface area contributed by atoms with E-state index in [1.165, 1.54) is 31.4 Å². The molecule has 0 unspecified atom stereocenters. The molecular weight excluding hydrogens is 349 g/mol. The Kier molecular flexibility index (Phi) is 5.86. The molecule has 1 fully saturated rings. The number of benzene rings is 2. The minimum absolute atomic E-state index is 0.121. The highest BCUT2D eigenvalue weighted by Gasteiger charge is 2.30. The van der Waals surface area contributed by atoms with Crippen LogP contribution in [-0.2, 0) is 14.3 Å². The van der Waals surface area contributed by atoms with Gasteiger partial charge in [-0.2, -0.15) is 0 Å². The number of carbonyl (C=O) groups excluding carboxylic acids is 2. The summed E-state index contributed by atoms with van der Waals surface area (Å²) in [5, 5.41) is 2.85. The van der Waals surface area contributed by atoms with E-state index in [-0.39, 0.29) is 17.7 Å². The third-order valence-corrected chi connectivity index (χ3v) is 4.09. The molecule has 0 saturated heterocycles. The summed E-state index contributed by atoms with van der Waals surface area (Å²) in [5.74, 6) is -1.44. The molecule has 140 valence electrons. The first-order valence-electron chi connectivity index (χ1n) is 8.64. The molecule has 1 N–H and O–H groups in total. The number of carbonyl (C=O) groups is 2. The van der Waals surface area contributed by atoms with Gasteiger partial charge in [0.25, 0.3) is 5.91 Å². The highest BCUT2D eigenvalue weighted by molar-refractivity contribution is 5.91. The van der Waals surface area contributed by atoms with E-state index in [0.29, 0.717) is 11.1 Å². The lowest BCUT2D eigenvalue weighted by molar-refractivity contribution is -0.151. The summed E-state index contributed by atoms with van der Waals surface area (Å²) >= 11 is 0. The summed E-state index contributed by atoms with van der Waals surface area (Å²) in [4.78, 5) is 24.6. The zero-order chi connectivity index (χ0) is 19.2. The van der Waals surface area contributed by atoms with E-state index in [9.17, 15) is 14.0 Å². The number of hydrogen-bond donors (Lipinski definition) is 1. The number of ether oxygens (including phenoxy) is 2. The third-order valence-electron chi connectivity index (χ3n) is 4.09. The molecule has 27 heavy (non-hydrogen) atoms. The second kappa shape index (κ2) is 8.49. The van der Waals surface area contributed by atoms with E-state index < -0.39 is 17.9 Å². The summed E-state index contributed by atoms with van der Waals surface area (Å²) < 4.78 is 23.9. The highest BCUT2D eigenvalue weighted by atomic mass is 19.1. The van der Waals surface area contributed by atoms with E-state index in [2.05, 4.69) is 5.32 Å². The third kappa shape index (κ3) is 5.17. The lowest BCUT2D eigenvalue weighted by Gasteiger charge is -2.17. The molecule has 0 bridgehead atoms. The Hall–Kier alpha value is -3.15. The largest absolute Gasteiger partial charge is 0.494 e. The van der Waals surface area contributed by atoms with Gasteiger partial charge in [0.05, 0.1) is 7.11 Å². The van der Waals surface area contributed by atoms with E-state index in [0.717, 1.165) is 12.8 Å². The fourth-order valence-corrected chi connectivity index (χ4v) is 2.51. The fraction of sp³-hybridized carbons (Fsp3) is 0.238. The van der Waals surface area contributed by atoms with Gasteiger partial charge in [-0.3, -0.25) is 4.79 Å². The molecular formula is C21H20FNO4. The Bertz CT molecular complexity index is 847. The number of hydrogen-bond acceptors (Lipinski definition) is 4. The first kappa shape index (κ1) is 18.6. The van der Waals surface area contributed by atoms with Gasteiger partial charge in [-0.05, 0) is 36.6 Å². The van der Waals surface area contributed by atoms with Crippen LogP contribution < -0.4 is 10.1 Å². The average molecular weight is 369 g/mol. The van der Waals surface area contributed by atoms with Gasteiger partial charge in [0, 0.05) is 17.7 Å². The van der Waals surface area contributed by atoms with Crippen molar-refractivity contribution in [2.24, 2.45) is 0 Å². The molecule has 0 heterocycles. The maximum atomic E-state index is 13.7. The first-order valence-corrected chi connectivity index (χ1v) is 8.64. The molecule has 2 aromatic rings.